The van der Waals surface area contributed by atoms with Crippen molar-refractivity contribution in [1.82, 2.24) is 4.90 Å². The number of amides is 1. The summed E-state index contributed by atoms with van der Waals surface area (Å²) in [4.78, 5) is 25.1. The number of hydrogen-bond acceptors (Lipinski definition) is 3. The highest BCUT2D eigenvalue weighted by Crippen LogP contribution is 2.09. The lowest BCUT2D eigenvalue weighted by Gasteiger charge is -2.20. The van der Waals surface area contributed by atoms with Gasteiger partial charge >= 0.3 is 5.97 Å². The lowest BCUT2D eigenvalue weighted by molar-refractivity contribution is -0.143. The van der Waals surface area contributed by atoms with Crippen molar-refractivity contribution in [2.45, 2.75) is 6.92 Å². The van der Waals surface area contributed by atoms with Gasteiger partial charge in [0.1, 0.15) is 6.54 Å². The molecule has 0 aliphatic carbocycles. The van der Waals surface area contributed by atoms with E-state index in [-0.39, 0.29) is 12.5 Å². The Hall–Kier alpha value is -1.37. The van der Waals surface area contributed by atoms with Crippen LogP contribution in [0.1, 0.15) is 17.3 Å². The topological polar surface area (TPSA) is 46.6 Å². The van der Waals surface area contributed by atoms with Crippen LogP contribution in [0.5, 0.6) is 0 Å². The molecule has 5 heteroatoms. The van der Waals surface area contributed by atoms with E-state index in [9.17, 15) is 9.59 Å². The predicted molar refractivity (Wildman–Crippen MR) is 81.9 cm³/mol. The fraction of sp³-hybridized carbons (Fsp3) is 0.286. The number of esters is 1. The first kappa shape index (κ1) is 15.7. The van der Waals surface area contributed by atoms with Crippen LogP contribution in [0.15, 0.2) is 36.9 Å². The van der Waals surface area contributed by atoms with Crippen LogP contribution in [0.4, 0.5) is 0 Å². The minimum atomic E-state index is -0.414. The predicted octanol–water partition coefficient (Wildman–Crippen LogP) is 2.48. The number of rotatable bonds is 6. The molecule has 0 aliphatic rings. The molecule has 0 radical (unpaired) electrons. The standard InChI is InChI=1S/C14H16INO3/c1-3-9-16(10-13(17)19-4-2)14(18)11-5-7-12(15)8-6-11/h3,5-8H,1,4,9-10H2,2H3. The van der Waals surface area contributed by atoms with Gasteiger partial charge in [-0.05, 0) is 53.8 Å². The molecular weight excluding hydrogens is 357 g/mol. The minimum absolute atomic E-state index is 0.0648. The molecule has 19 heavy (non-hydrogen) atoms. The van der Waals surface area contributed by atoms with Crippen molar-refractivity contribution in [2.75, 3.05) is 19.7 Å². The maximum atomic E-state index is 12.3. The molecule has 1 amide bonds. The Labute approximate surface area is 126 Å². The largest absolute Gasteiger partial charge is 0.465 e. The molecule has 0 bridgehead atoms. The SMILES string of the molecule is C=CCN(CC(=O)OCC)C(=O)c1ccc(I)cc1. The highest BCUT2D eigenvalue weighted by Gasteiger charge is 2.18. The van der Waals surface area contributed by atoms with Gasteiger partial charge in [0, 0.05) is 15.7 Å². The summed E-state index contributed by atoms with van der Waals surface area (Å²) in [5.41, 5.74) is 0.548. The molecule has 1 rings (SSSR count). The molecule has 0 unspecified atom stereocenters. The molecule has 0 saturated carbocycles. The van der Waals surface area contributed by atoms with Crippen LogP contribution < -0.4 is 0 Å². The van der Waals surface area contributed by atoms with Crippen LogP contribution in [-0.4, -0.2) is 36.5 Å². The van der Waals surface area contributed by atoms with E-state index in [1.165, 1.54) is 4.90 Å². The molecule has 0 aromatic heterocycles. The van der Waals surface area contributed by atoms with Crippen LogP contribution in [-0.2, 0) is 9.53 Å². The maximum Gasteiger partial charge on any atom is 0.325 e. The maximum absolute atomic E-state index is 12.3. The number of nitrogens with zero attached hydrogens (tertiary/aromatic N) is 1. The van der Waals surface area contributed by atoms with Gasteiger partial charge in [-0.1, -0.05) is 6.08 Å². The molecule has 0 saturated heterocycles. The normalized spacial score (nSPS) is 9.79. The monoisotopic (exact) mass is 373 g/mol. The van der Waals surface area contributed by atoms with Gasteiger partial charge < -0.3 is 9.64 Å². The van der Waals surface area contributed by atoms with Crippen LogP contribution in [0.3, 0.4) is 0 Å². The van der Waals surface area contributed by atoms with Gasteiger partial charge in [0.15, 0.2) is 0 Å². The molecule has 0 heterocycles. The van der Waals surface area contributed by atoms with Gasteiger partial charge in [-0.2, -0.15) is 0 Å². The Morgan fingerprint density at radius 3 is 2.53 bits per heavy atom. The number of carbonyl (C=O) groups excluding carboxylic acids is 2. The van der Waals surface area contributed by atoms with E-state index in [4.69, 9.17) is 4.74 Å². The van der Waals surface area contributed by atoms with Crippen molar-refractivity contribution < 1.29 is 14.3 Å². The third-order valence-corrected chi connectivity index (χ3v) is 3.07. The van der Waals surface area contributed by atoms with Gasteiger partial charge in [-0.25, -0.2) is 0 Å². The van der Waals surface area contributed by atoms with Gasteiger partial charge in [0.05, 0.1) is 6.61 Å². The zero-order chi connectivity index (χ0) is 14.3. The second-order valence-electron chi connectivity index (χ2n) is 3.79. The number of halogens is 1. The molecule has 0 fully saturated rings. The Morgan fingerprint density at radius 2 is 2.00 bits per heavy atom. The summed E-state index contributed by atoms with van der Waals surface area (Å²) < 4.78 is 5.91. The third-order valence-electron chi connectivity index (χ3n) is 2.35. The number of carbonyl (C=O) groups is 2. The van der Waals surface area contributed by atoms with Crippen LogP contribution in [0, 0.1) is 3.57 Å². The van der Waals surface area contributed by atoms with Crippen molar-refractivity contribution in [3.63, 3.8) is 0 Å². The summed E-state index contributed by atoms with van der Waals surface area (Å²) in [7, 11) is 0. The van der Waals surface area contributed by atoms with Gasteiger partial charge in [0.25, 0.3) is 5.91 Å². The van der Waals surface area contributed by atoms with Crippen LogP contribution in [0.2, 0.25) is 0 Å². The average molecular weight is 373 g/mol. The summed E-state index contributed by atoms with van der Waals surface area (Å²) in [6.07, 6.45) is 1.59. The van der Waals surface area contributed by atoms with Crippen molar-refractivity contribution in [1.29, 1.82) is 0 Å². The van der Waals surface area contributed by atoms with Crippen molar-refractivity contribution in [3.05, 3.63) is 46.1 Å². The number of benzene rings is 1. The molecule has 0 spiro atoms. The van der Waals surface area contributed by atoms with Crippen LogP contribution >= 0.6 is 22.6 Å². The zero-order valence-electron chi connectivity index (χ0n) is 10.8. The highest BCUT2D eigenvalue weighted by atomic mass is 127. The van der Waals surface area contributed by atoms with E-state index in [1.54, 1.807) is 25.1 Å². The molecule has 1 aromatic carbocycles. The van der Waals surface area contributed by atoms with Crippen molar-refractivity contribution in [2.24, 2.45) is 0 Å². The summed E-state index contributed by atoms with van der Waals surface area (Å²) in [6, 6.07) is 7.19. The first-order chi connectivity index (χ1) is 9.08. The quantitative estimate of drug-likeness (QED) is 0.437. The first-order valence-electron chi connectivity index (χ1n) is 5.89. The first-order valence-corrected chi connectivity index (χ1v) is 6.97. The van der Waals surface area contributed by atoms with E-state index in [2.05, 4.69) is 29.2 Å². The van der Waals surface area contributed by atoms with Crippen molar-refractivity contribution in [3.8, 4) is 0 Å². The van der Waals surface area contributed by atoms with E-state index < -0.39 is 5.97 Å². The van der Waals surface area contributed by atoms with Crippen molar-refractivity contribution >= 4 is 34.5 Å². The summed E-state index contributed by atoms with van der Waals surface area (Å²) in [5, 5.41) is 0. The fourth-order valence-electron chi connectivity index (χ4n) is 1.51. The van der Waals surface area contributed by atoms with Crippen LogP contribution in [0.25, 0.3) is 0 Å². The molecule has 0 atom stereocenters. The summed E-state index contributed by atoms with van der Waals surface area (Å²) in [5.74, 6) is -0.618. The second kappa shape index (κ2) is 7.93. The average Bonchev–Trinajstić information content (AvgIpc) is 2.38. The van der Waals surface area contributed by atoms with Gasteiger partial charge in [0.2, 0.25) is 0 Å². The Bertz CT molecular complexity index is 456. The Kier molecular flexibility index (Phi) is 6.55. The second-order valence-corrected chi connectivity index (χ2v) is 5.03. The minimum Gasteiger partial charge on any atom is -0.465 e. The highest BCUT2D eigenvalue weighted by molar-refractivity contribution is 14.1. The molecule has 1 aromatic rings. The van der Waals surface area contributed by atoms with E-state index in [0.29, 0.717) is 18.7 Å². The Morgan fingerprint density at radius 1 is 1.37 bits per heavy atom. The smallest absolute Gasteiger partial charge is 0.325 e. The molecule has 0 aliphatic heterocycles. The molecule has 102 valence electrons. The molecule has 0 N–H and O–H groups in total. The number of ether oxygens (including phenoxy) is 1. The van der Waals surface area contributed by atoms with E-state index >= 15 is 0 Å². The molecule has 4 nitrogen and oxygen atoms in total. The van der Waals surface area contributed by atoms with E-state index in [0.717, 1.165) is 3.57 Å². The summed E-state index contributed by atoms with van der Waals surface area (Å²) in [6.45, 7) is 5.88. The zero-order valence-corrected chi connectivity index (χ0v) is 12.9. The molecular formula is C14H16INO3. The van der Waals surface area contributed by atoms with E-state index in [1.807, 2.05) is 12.1 Å². The lowest BCUT2D eigenvalue weighted by Crippen LogP contribution is -2.36. The van der Waals surface area contributed by atoms with Gasteiger partial charge in [-0.15, -0.1) is 6.58 Å². The Balaban J connectivity index is 2.80. The lowest BCUT2D eigenvalue weighted by atomic mass is 10.2. The number of hydrogen-bond donors (Lipinski definition) is 0. The summed E-state index contributed by atoms with van der Waals surface area (Å²) >= 11 is 2.17. The fourth-order valence-corrected chi connectivity index (χ4v) is 1.87. The van der Waals surface area contributed by atoms with Gasteiger partial charge in [-0.3, -0.25) is 9.59 Å². The third kappa shape index (κ3) is 5.02.